The van der Waals surface area contributed by atoms with Gasteiger partial charge in [0.1, 0.15) is 16.9 Å². The molecule has 5 heteroatoms. The third-order valence-electron chi connectivity index (χ3n) is 4.10. The van der Waals surface area contributed by atoms with E-state index in [1.54, 1.807) is 6.92 Å². The van der Waals surface area contributed by atoms with Gasteiger partial charge in [0.25, 0.3) is 0 Å². The lowest BCUT2D eigenvalue weighted by Crippen LogP contribution is -2.36. The van der Waals surface area contributed by atoms with Gasteiger partial charge in [-0.25, -0.2) is 4.79 Å². The van der Waals surface area contributed by atoms with Gasteiger partial charge in [0.05, 0.1) is 18.0 Å². The number of nitrogens with zero attached hydrogens (tertiary/aromatic N) is 1. The number of carbonyl (C=O) groups excluding carboxylic acids is 1. The first-order valence-corrected chi connectivity index (χ1v) is 9.04. The highest BCUT2D eigenvalue weighted by Gasteiger charge is 2.37. The van der Waals surface area contributed by atoms with Crippen molar-refractivity contribution in [1.29, 1.82) is 0 Å². The monoisotopic (exact) mass is 364 g/mol. The third kappa shape index (κ3) is 4.56. The van der Waals surface area contributed by atoms with Gasteiger partial charge < -0.3 is 9.47 Å². The number of para-hydroxylation sites is 1. The predicted octanol–water partition coefficient (Wildman–Crippen LogP) is 4.63. The van der Waals surface area contributed by atoms with Crippen LogP contribution in [0.5, 0.6) is 0 Å². The minimum Gasteiger partial charge on any atom is -0.486 e. The SMILES string of the molecule is CCOC(=O)C1=C(c2ccccc2)OC(C)(C)C/C1=N\Nc1ccccc1. The van der Waals surface area contributed by atoms with E-state index in [9.17, 15) is 4.79 Å². The van der Waals surface area contributed by atoms with Crippen molar-refractivity contribution < 1.29 is 14.3 Å². The summed E-state index contributed by atoms with van der Waals surface area (Å²) in [4.78, 5) is 12.7. The number of anilines is 1. The van der Waals surface area contributed by atoms with E-state index in [1.165, 1.54) is 0 Å². The standard InChI is InChI=1S/C22H24N2O3/c1-4-26-21(25)19-18(24-23-17-13-9-6-10-14-17)15-22(2,3)27-20(19)16-11-7-5-8-12-16/h5-14,23H,4,15H2,1-3H3/b24-18+. The van der Waals surface area contributed by atoms with Crippen LogP contribution in [0.4, 0.5) is 5.69 Å². The number of hydrogen-bond acceptors (Lipinski definition) is 5. The fourth-order valence-electron chi connectivity index (χ4n) is 2.93. The molecule has 0 unspecified atom stereocenters. The molecule has 5 nitrogen and oxygen atoms in total. The Morgan fingerprint density at radius 1 is 1.11 bits per heavy atom. The molecule has 3 rings (SSSR count). The Morgan fingerprint density at radius 2 is 1.74 bits per heavy atom. The predicted molar refractivity (Wildman–Crippen MR) is 107 cm³/mol. The summed E-state index contributed by atoms with van der Waals surface area (Å²) in [6.45, 7) is 6.03. The van der Waals surface area contributed by atoms with Gasteiger partial charge in [-0.3, -0.25) is 5.43 Å². The Balaban J connectivity index is 2.09. The van der Waals surface area contributed by atoms with Crippen molar-refractivity contribution in [1.82, 2.24) is 0 Å². The molecule has 0 fully saturated rings. The molecule has 0 aliphatic carbocycles. The van der Waals surface area contributed by atoms with E-state index >= 15 is 0 Å². The van der Waals surface area contributed by atoms with Crippen molar-refractivity contribution in [3.05, 3.63) is 71.8 Å². The second-order valence-corrected chi connectivity index (χ2v) is 6.87. The maximum Gasteiger partial charge on any atom is 0.343 e. The Kier molecular flexibility index (Phi) is 5.60. The van der Waals surface area contributed by atoms with E-state index in [2.05, 4.69) is 10.5 Å². The smallest absolute Gasteiger partial charge is 0.343 e. The normalized spacial score (nSPS) is 17.4. The van der Waals surface area contributed by atoms with Crippen LogP contribution >= 0.6 is 0 Å². The van der Waals surface area contributed by atoms with Crippen LogP contribution in [0, 0.1) is 0 Å². The first-order chi connectivity index (χ1) is 13.0. The van der Waals surface area contributed by atoms with Gasteiger partial charge in [-0.05, 0) is 32.9 Å². The summed E-state index contributed by atoms with van der Waals surface area (Å²) in [6.07, 6.45) is 0.483. The van der Waals surface area contributed by atoms with Crippen molar-refractivity contribution in [3.8, 4) is 0 Å². The number of rotatable bonds is 5. The molecule has 0 bridgehead atoms. The molecule has 0 saturated heterocycles. The maximum absolute atomic E-state index is 12.7. The van der Waals surface area contributed by atoms with Crippen LogP contribution in [0.3, 0.4) is 0 Å². The molecule has 1 N–H and O–H groups in total. The first-order valence-electron chi connectivity index (χ1n) is 9.04. The molecular formula is C22H24N2O3. The molecule has 0 atom stereocenters. The second kappa shape index (κ2) is 8.08. The maximum atomic E-state index is 12.7. The molecule has 2 aromatic carbocycles. The average molecular weight is 364 g/mol. The van der Waals surface area contributed by atoms with Gasteiger partial charge in [-0.15, -0.1) is 0 Å². The number of benzene rings is 2. The summed E-state index contributed by atoms with van der Waals surface area (Å²) < 4.78 is 11.5. The van der Waals surface area contributed by atoms with Crippen molar-refractivity contribution in [2.75, 3.05) is 12.0 Å². The van der Waals surface area contributed by atoms with Crippen LogP contribution in [0.15, 0.2) is 71.3 Å². The van der Waals surface area contributed by atoms with Crippen molar-refractivity contribution in [2.24, 2.45) is 5.10 Å². The third-order valence-corrected chi connectivity index (χ3v) is 4.10. The van der Waals surface area contributed by atoms with Crippen molar-refractivity contribution in [2.45, 2.75) is 32.8 Å². The molecule has 140 valence electrons. The Labute approximate surface area is 159 Å². The van der Waals surface area contributed by atoms with Gasteiger partial charge in [-0.2, -0.15) is 5.10 Å². The van der Waals surface area contributed by atoms with E-state index in [-0.39, 0.29) is 6.61 Å². The summed E-state index contributed by atoms with van der Waals surface area (Å²) in [7, 11) is 0. The zero-order valence-electron chi connectivity index (χ0n) is 15.9. The van der Waals surface area contributed by atoms with E-state index < -0.39 is 11.6 Å². The first kappa shape index (κ1) is 18.7. The van der Waals surface area contributed by atoms with Crippen molar-refractivity contribution >= 4 is 23.1 Å². The highest BCUT2D eigenvalue weighted by molar-refractivity contribution is 6.25. The molecule has 27 heavy (non-hydrogen) atoms. The zero-order chi connectivity index (χ0) is 19.3. The molecular weight excluding hydrogens is 340 g/mol. The number of ether oxygens (including phenoxy) is 2. The molecule has 0 amide bonds. The fraction of sp³-hybridized carbons (Fsp3) is 0.273. The summed E-state index contributed by atoms with van der Waals surface area (Å²) in [6, 6.07) is 19.2. The minimum absolute atomic E-state index is 0.285. The molecule has 2 aromatic rings. The quantitative estimate of drug-likeness (QED) is 0.621. The van der Waals surface area contributed by atoms with Gasteiger partial charge >= 0.3 is 5.97 Å². The Hall–Kier alpha value is -3.08. The van der Waals surface area contributed by atoms with Crippen LogP contribution in [0.1, 0.15) is 32.8 Å². The van der Waals surface area contributed by atoms with Gasteiger partial charge in [0.15, 0.2) is 0 Å². The number of hydrazone groups is 1. The number of esters is 1. The van der Waals surface area contributed by atoms with Gasteiger partial charge in [0, 0.05) is 12.0 Å². The lowest BCUT2D eigenvalue weighted by molar-refractivity contribution is -0.138. The lowest BCUT2D eigenvalue weighted by atomic mass is 9.90. The lowest BCUT2D eigenvalue weighted by Gasteiger charge is -2.34. The van der Waals surface area contributed by atoms with Crippen LogP contribution < -0.4 is 5.43 Å². The topological polar surface area (TPSA) is 59.9 Å². The average Bonchev–Trinajstić information content (AvgIpc) is 2.67. The van der Waals surface area contributed by atoms with Crippen LogP contribution in [0.25, 0.3) is 5.76 Å². The van der Waals surface area contributed by atoms with Crippen LogP contribution in [-0.4, -0.2) is 23.9 Å². The molecule has 1 aliphatic heterocycles. The van der Waals surface area contributed by atoms with Gasteiger partial charge in [-0.1, -0.05) is 48.5 Å². The summed E-state index contributed by atoms with van der Waals surface area (Å²) in [5.74, 6) is 0.0689. The highest BCUT2D eigenvalue weighted by Crippen LogP contribution is 2.36. The molecule has 0 aromatic heterocycles. The largest absolute Gasteiger partial charge is 0.486 e. The van der Waals surface area contributed by atoms with Crippen LogP contribution in [0.2, 0.25) is 0 Å². The number of nitrogens with one attached hydrogen (secondary N) is 1. The summed E-state index contributed by atoms with van der Waals surface area (Å²) in [5, 5.41) is 4.54. The van der Waals surface area contributed by atoms with E-state index in [0.717, 1.165) is 11.3 Å². The number of carbonyl (C=O) groups is 1. The van der Waals surface area contributed by atoms with Crippen LogP contribution in [-0.2, 0) is 14.3 Å². The van der Waals surface area contributed by atoms with E-state index in [1.807, 2.05) is 74.5 Å². The summed E-state index contributed by atoms with van der Waals surface area (Å²) >= 11 is 0. The van der Waals surface area contributed by atoms with Crippen molar-refractivity contribution in [3.63, 3.8) is 0 Å². The fourth-order valence-corrected chi connectivity index (χ4v) is 2.93. The Morgan fingerprint density at radius 3 is 2.37 bits per heavy atom. The molecule has 1 aliphatic rings. The zero-order valence-corrected chi connectivity index (χ0v) is 15.9. The second-order valence-electron chi connectivity index (χ2n) is 6.87. The van der Waals surface area contributed by atoms with E-state index in [0.29, 0.717) is 23.5 Å². The highest BCUT2D eigenvalue weighted by atomic mass is 16.5. The number of hydrogen-bond donors (Lipinski definition) is 1. The minimum atomic E-state index is -0.502. The molecule has 0 spiro atoms. The Bertz CT molecular complexity index is 856. The van der Waals surface area contributed by atoms with E-state index in [4.69, 9.17) is 9.47 Å². The molecule has 0 radical (unpaired) electrons. The van der Waals surface area contributed by atoms with Gasteiger partial charge in [0.2, 0.25) is 0 Å². The molecule has 0 saturated carbocycles. The molecule has 1 heterocycles. The summed E-state index contributed by atoms with van der Waals surface area (Å²) in [5.41, 5.74) is 5.19.